The Labute approximate surface area is 80.5 Å². The second kappa shape index (κ2) is 5.22. The number of nitrogens with zero attached hydrogens (tertiary/aromatic N) is 1. The minimum atomic E-state index is 0.303. The number of likely N-dealkylation sites (tertiary alicyclic amines) is 1. The van der Waals surface area contributed by atoms with Crippen LogP contribution in [0.3, 0.4) is 0 Å². The second-order valence-corrected chi connectivity index (χ2v) is 3.65. The zero-order valence-electron chi connectivity index (χ0n) is 8.68. The normalized spacial score (nSPS) is 24.2. The number of nitrogens with one attached hydrogen (secondary N) is 1. The zero-order chi connectivity index (χ0) is 9.68. The van der Waals surface area contributed by atoms with Gasteiger partial charge in [0, 0.05) is 25.6 Å². The summed E-state index contributed by atoms with van der Waals surface area (Å²) in [6.07, 6.45) is 4.08. The molecule has 0 spiro atoms. The van der Waals surface area contributed by atoms with Crippen molar-refractivity contribution < 1.29 is 4.79 Å². The van der Waals surface area contributed by atoms with Gasteiger partial charge in [0.15, 0.2) is 0 Å². The predicted molar refractivity (Wildman–Crippen MR) is 53.6 cm³/mol. The molecule has 1 aliphatic heterocycles. The lowest BCUT2D eigenvalue weighted by molar-refractivity contribution is -0.130. The van der Waals surface area contributed by atoms with Crippen LogP contribution in [0.2, 0.25) is 0 Å². The highest BCUT2D eigenvalue weighted by Gasteiger charge is 2.17. The summed E-state index contributed by atoms with van der Waals surface area (Å²) >= 11 is 0. The summed E-state index contributed by atoms with van der Waals surface area (Å²) in [5, 5.41) is 3.28. The van der Waals surface area contributed by atoms with Crippen LogP contribution in [0.15, 0.2) is 0 Å². The van der Waals surface area contributed by atoms with E-state index < -0.39 is 0 Å². The fraction of sp³-hybridized carbons (Fsp3) is 0.900. The fourth-order valence-corrected chi connectivity index (χ4v) is 1.86. The smallest absolute Gasteiger partial charge is 0.222 e. The molecule has 1 saturated heterocycles. The molecule has 0 radical (unpaired) electrons. The molecule has 76 valence electrons. The summed E-state index contributed by atoms with van der Waals surface area (Å²) in [6, 6.07) is 0.606. The minimum Gasteiger partial charge on any atom is -0.343 e. The fourth-order valence-electron chi connectivity index (χ4n) is 1.86. The van der Waals surface area contributed by atoms with E-state index in [-0.39, 0.29) is 0 Å². The third-order valence-electron chi connectivity index (χ3n) is 2.79. The van der Waals surface area contributed by atoms with Gasteiger partial charge in [-0.3, -0.25) is 4.79 Å². The molecule has 1 unspecified atom stereocenters. The van der Waals surface area contributed by atoms with E-state index >= 15 is 0 Å². The van der Waals surface area contributed by atoms with Gasteiger partial charge in [-0.25, -0.2) is 0 Å². The Morgan fingerprint density at radius 3 is 2.85 bits per heavy atom. The quantitative estimate of drug-likeness (QED) is 0.694. The lowest BCUT2D eigenvalue weighted by Crippen LogP contribution is -2.32. The van der Waals surface area contributed by atoms with Crippen molar-refractivity contribution in [1.82, 2.24) is 10.2 Å². The summed E-state index contributed by atoms with van der Waals surface area (Å²) < 4.78 is 0. The van der Waals surface area contributed by atoms with Crippen molar-refractivity contribution >= 4 is 5.91 Å². The summed E-state index contributed by atoms with van der Waals surface area (Å²) in [5.41, 5.74) is 0. The van der Waals surface area contributed by atoms with Crippen molar-refractivity contribution in [2.45, 2.75) is 38.6 Å². The topological polar surface area (TPSA) is 32.3 Å². The maximum absolute atomic E-state index is 11.4. The highest BCUT2D eigenvalue weighted by atomic mass is 16.2. The van der Waals surface area contributed by atoms with E-state index in [1.165, 1.54) is 6.42 Å². The van der Waals surface area contributed by atoms with Crippen molar-refractivity contribution in [2.24, 2.45) is 0 Å². The van der Waals surface area contributed by atoms with Gasteiger partial charge in [0.2, 0.25) is 5.91 Å². The average molecular weight is 184 g/mol. The Kier molecular flexibility index (Phi) is 4.22. The van der Waals surface area contributed by atoms with Crippen molar-refractivity contribution in [3.8, 4) is 0 Å². The van der Waals surface area contributed by atoms with Crippen LogP contribution in [0.1, 0.15) is 32.6 Å². The zero-order valence-corrected chi connectivity index (χ0v) is 8.68. The number of carbonyl (C=O) groups is 1. The van der Waals surface area contributed by atoms with E-state index in [0.29, 0.717) is 18.4 Å². The first-order valence-corrected chi connectivity index (χ1v) is 5.23. The van der Waals surface area contributed by atoms with Crippen LogP contribution >= 0.6 is 0 Å². The van der Waals surface area contributed by atoms with Gasteiger partial charge in [-0.15, -0.1) is 0 Å². The molecule has 0 aromatic heterocycles. The molecule has 1 atom stereocenters. The van der Waals surface area contributed by atoms with Gasteiger partial charge in [-0.2, -0.15) is 0 Å². The van der Waals surface area contributed by atoms with Crippen LogP contribution < -0.4 is 5.32 Å². The third-order valence-corrected chi connectivity index (χ3v) is 2.79. The largest absolute Gasteiger partial charge is 0.343 e. The van der Waals surface area contributed by atoms with Crippen molar-refractivity contribution in [3.63, 3.8) is 0 Å². The first-order valence-electron chi connectivity index (χ1n) is 5.23. The monoisotopic (exact) mass is 184 g/mol. The molecule has 1 aliphatic rings. The maximum Gasteiger partial charge on any atom is 0.222 e. The third kappa shape index (κ3) is 2.99. The first-order chi connectivity index (χ1) is 6.27. The molecule has 0 saturated carbocycles. The minimum absolute atomic E-state index is 0.303. The van der Waals surface area contributed by atoms with Crippen LogP contribution in [0.4, 0.5) is 0 Å². The Balaban J connectivity index is 2.40. The van der Waals surface area contributed by atoms with Crippen molar-refractivity contribution in [3.05, 3.63) is 0 Å². The Bertz CT molecular complexity index is 170. The van der Waals surface area contributed by atoms with Crippen LogP contribution in [0, 0.1) is 0 Å². The van der Waals surface area contributed by atoms with Gasteiger partial charge in [0.25, 0.3) is 0 Å². The number of amides is 1. The molecular formula is C10H20N2O. The highest BCUT2D eigenvalue weighted by molar-refractivity contribution is 5.75. The number of rotatable bonds is 2. The Morgan fingerprint density at radius 1 is 1.46 bits per heavy atom. The average Bonchev–Trinajstić information content (AvgIpc) is 2.41. The molecule has 1 heterocycles. The van der Waals surface area contributed by atoms with E-state index in [4.69, 9.17) is 0 Å². The first kappa shape index (κ1) is 10.5. The van der Waals surface area contributed by atoms with E-state index in [9.17, 15) is 4.79 Å². The summed E-state index contributed by atoms with van der Waals surface area (Å²) in [6.45, 7) is 3.81. The molecule has 3 nitrogen and oxygen atoms in total. The predicted octanol–water partition coefficient (Wildman–Crippen LogP) is 0.997. The van der Waals surface area contributed by atoms with Crippen LogP contribution in [-0.4, -0.2) is 37.0 Å². The van der Waals surface area contributed by atoms with Crippen LogP contribution in [-0.2, 0) is 4.79 Å². The van der Waals surface area contributed by atoms with Crippen LogP contribution in [0.25, 0.3) is 0 Å². The number of hydrogen-bond acceptors (Lipinski definition) is 2. The summed E-state index contributed by atoms with van der Waals surface area (Å²) in [7, 11) is 2.00. The van der Waals surface area contributed by atoms with Crippen molar-refractivity contribution in [2.75, 3.05) is 20.1 Å². The van der Waals surface area contributed by atoms with Gasteiger partial charge in [-0.1, -0.05) is 6.92 Å². The molecule has 1 fully saturated rings. The lowest BCUT2D eigenvalue weighted by atomic mass is 10.1. The second-order valence-electron chi connectivity index (χ2n) is 3.65. The number of hydrogen-bond donors (Lipinski definition) is 1. The molecule has 1 amide bonds. The van der Waals surface area contributed by atoms with Gasteiger partial charge in [0.05, 0.1) is 0 Å². The Hall–Kier alpha value is -0.570. The molecule has 0 aromatic carbocycles. The molecule has 0 aliphatic carbocycles. The maximum atomic E-state index is 11.4. The van der Waals surface area contributed by atoms with E-state index in [1.807, 2.05) is 18.9 Å². The summed E-state index contributed by atoms with van der Waals surface area (Å²) in [5.74, 6) is 0.303. The van der Waals surface area contributed by atoms with Crippen molar-refractivity contribution in [1.29, 1.82) is 0 Å². The van der Waals surface area contributed by atoms with E-state index in [1.54, 1.807) is 0 Å². The molecule has 13 heavy (non-hydrogen) atoms. The number of carbonyl (C=O) groups excluding carboxylic acids is 1. The molecular weight excluding hydrogens is 164 g/mol. The van der Waals surface area contributed by atoms with Gasteiger partial charge in [0.1, 0.15) is 0 Å². The van der Waals surface area contributed by atoms with Gasteiger partial charge >= 0.3 is 0 Å². The SMILES string of the molecule is CCC(=O)N1CCCC(NC)CC1. The van der Waals surface area contributed by atoms with Crippen LogP contribution in [0.5, 0.6) is 0 Å². The molecule has 1 N–H and O–H groups in total. The molecule has 0 bridgehead atoms. The highest BCUT2D eigenvalue weighted by Crippen LogP contribution is 2.11. The molecule has 3 heteroatoms. The summed E-state index contributed by atoms with van der Waals surface area (Å²) in [4.78, 5) is 13.4. The van der Waals surface area contributed by atoms with E-state index in [2.05, 4.69) is 5.32 Å². The molecule has 1 rings (SSSR count). The van der Waals surface area contributed by atoms with E-state index in [0.717, 1.165) is 25.9 Å². The lowest BCUT2D eigenvalue weighted by Gasteiger charge is -2.19. The molecule has 0 aromatic rings. The van der Waals surface area contributed by atoms with Gasteiger partial charge < -0.3 is 10.2 Å². The standard InChI is InChI=1S/C10H20N2O/c1-3-10(13)12-7-4-5-9(11-2)6-8-12/h9,11H,3-8H2,1-2H3. The Morgan fingerprint density at radius 2 is 2.23 bits per heavy atom. The van der Waals surface area contributed by atoms with Gasteiger partial charge in [-0.05, 0) is 26.3 Å².